The van der Waals surface area contributed by atoms with Crippen LogP contribution in [0.4, 0.5) is 10.6 Å². The number of amides is 2. The van der Waals surface area contributed by atoms with Crippen LogP contribution in [0.25, 0.3) is 11.1 Å². The maximum absolute atomic E-state index is 12.1. The van der Waals surface area contributed by atoms with Crippen LogP contribution in [0, 0.1) is 0 Å². The van der Waals surface area contributed by atoms with E-state index in [1.54, 1.807) is 19.2 Å². The molecule has 1 heterocycles. The van der Waals surface area contributed by atoms with Crippen molar-refractivity contribution in [2.75, 3.05) is 19.1 Å². The molecule has 7 nitrogen and oxygen atoms in total. The monoisotopic (exact) mass is 388 g/mol. The lowest BCUT2D eigenvalue weighted by Crippen LogP contribution is -2.31. The highest BCUT2D eigenvalue weighted by atomic mass is 16.6. The fourth-order valence-electron chi connectivity index (χ4n) is 3.50. The summed E-state index contributed by atoms with van der Waals surface area (Å²) in [7, 11) is 1.55. The van der Waals surface area contributed by atoms with Gasteiger partial charge in [-0.1, -0.05) is 48.5 Å². The topological polar surface area (TPSA) is 92.4 Å². The minimum atomic E-state index is -0.607. The molecular formula is C22H20N4O3. The Kier molecular flexibility index (Phi) is 5.11. The van der Waals surface area contributed by atoms with Crippen molar-refractivity contribution >= 4 is 17.8 Å². The number of carbonyl (C=O) groups excluding carboxylic acids is 2. The molecule has 1 aromatic heterocycles. The number of nitrogens with one attached hydrogen (secondary N) is 3. The zero-order valence-corrected chi connectivity index (χ0v) is 15.8. The van der Waals surface area contributed by atoms with Gasteiger partial charge in [0.05, 0.1) is 5.56 Å². The van der Waals surface area contributed by atoms with E-state index in [1.165, 1.54) is 17.3 Å². The van der Waals surface area contributed by atoms with Gasteiger partial charge in [-0.3, -0.25) is 10.2 Å². The van der Waals surface area contributed by atoms with E-state index < -0.39 is 6.09 Å². The number of benzene rings is 2. The van der Waals surface area contributed by atoms with Gasteiger partial charge in [0.25, 0.3) is 5.91 Å². The molecule has 146 valence electrons. The Labute approximate surface area is 168 Å². The Balaban J connectivity index is 1.36. The third-order valence-corrected chi connectivity index (χ3v) is 4.89. The van der Waals surface area contributed by atoms with Crippen molar-refractivity contribution in [3.8, 4) is 11.1 Å². The molecule has 4 rings (SSSR count). The summed E-state index contributed by atoms with van der Waals surface area (Å²) < 4.78 is 5.44. The van der Waals surface area contributed by atoms with E-state index >= 15 is 0 Å². The van der Waals surface area contributed by atoms with Gasteiger partial charge in [0.1, 0.15) is 12.4 Å². The smallest absolute Gasteiger partial charge is 0.426 e. The van der Waals surface area contributed by atoms with Gasteiger partial charge in [-0.25, -0.2) is 15.2 Å². The molecule has 2 aromatic carbocycles. The summed E-state index contributed by atoms with van der Waals surface area (Å²) in [4.78, 5) is 27.7. The second kappa shape index (κ2) is 8.02. The van der Waals surface area contributed by atoms with Crippen molar-refractivity contribution < 1.29 is 14.3 Å². The fourth-order valence-corrected chi connectivity index (χ4v) is 3.50. The Morgan fingerprint density at radius 2 is 1.62 bits per heavy atom. The summed E-state index contributed by atoms with van der Waals surface area (Å²) >= 11 is 0. The molecule has 3 N–H and O–H groups in total. The van der Waals surface area contributed by atoms with Crippen LogP contribution in [0.3, 0.4) is 0 Å². The van der Waals surface area contributed by atoms with Crippen molar-refractivity contribution in [2.24, 2.45) is 0 Å². The first-order chi connectivity index (χ1) is 14.2. The van der Waals surface area contributed by atoms with E-state index in [9.17, 15) is 9.59 Å². The van der Waals surface area contributed by atoms with E-state index in [2.05, 4.69) is 45.4 Å². The summed E-state index contributed by atoms with van der Waals surface area (Å²) in [6.07, 6.45) is 0.810. The van der Waals surface area contributed by atoms with E-state index in [4.69, 9.17) is 4.74 Å². The molecule has 2 amide bonds. The quantitative estimate of drug-likeness (QED) is 0.583. The molecule has 0 saturated carbocycles. The van der Waals surface area contributed by atoms with E-state index in [0.717, 1.165) is 11.1 Å². The number of anilines is 1. The van der Waals surface area contributed by atoms with Crippen LogP contribution in [0.15, 0.2) is 66.9 Å². The van der Waals surface area contributed by atoms with Crippen LogP contribution in [0.1, 0.15) is 27.4 Å². The molecule has 3 aromatic rings. The first kappa shape index (κ1) is 18.5. The van der Waals surface area contributed by atoms with Crippen molar-refractivity contribution in [3.63, 3.8) is 0 Å². The number of hydrazine groups is 1. The van der Waals surface area contributed by atoms with Crippen molar-refractivity contribution in [1.82, 2.24) is 15.7 Å². The first-order valence-corrected chi connectivity index (χ1v) is 9.22. The fraction of sp³-hybridized carbons (Fsp3) is 0.136. The largest absolute Gasteiger partial charge is 0.447 e. The Morgan fingerprint density at radius 1 is 0.966 bits per heavy atom. The van der Waals surface area contributed by atoms with Crippen LogP contribution in [0.5, 0.6) is 0 Å². The summed E-state index contributed by atoms with van der Waals surface area (Å²) in [6, 6.07) is 19.5. The lowest BCUT2D eigenvalue weighted by Gasteiger charge is -2.15. The molecule has 0 spiro atoms. The van der Waals surface area contributed by atoms with Gasteiger partial charge in [-0.05, 0) is 34.4 Å². The molecule has 0 saturated heterocycles. The van der Waals surface area contributed by atoms with Gasteiger partial charge in [0.2, 0.25) is 0 Å². The average Bonchev–Trinajstić information content (AvgIpc) is 3.10. The molecule has 0 atom stereocenters. The van der Waals surface area contributed by atoms with Crippen LogP contribution < -0.4 is 16.2 Å². The standard InChI is InChI=1S/C22H20N4O3/c1-23-21(27)14-10-11-20(24-12-14)25-26-22(28)29-13-19-17-8-4-2-6-15(17)16-7-3-5-9-18(16)19/h2-12,19H,13H2,1H3,(H,23,27)(H,24,25)(H,26,28). The maximum atomic E-state index is 12.1. The second-order valence-corrected chi connectivity index (χ2v) is 6.59. The first-order valence-electron chi connectivity index (χ1n) is 9.22. The lowest BCUT2D eigenvalue weighted by atomic mass is 9.98. The highest BCUT2D eigenvalue weighted by Crippen LogP contribution is 2.44. The predicted molar refractivity (Wildman–Crippen MR) is 109 cm³/mol. The number of hydrogen-bond acceptors (Lipinski definition) is 5. The molecule has 0 fully saturated rings. The van der Waals surface area contributed by atoms with Crippen LogP contribution in [-0.4, -0.2) is 30.6 Å². The zero-order valence-electron chi connectivity index (χ0n) is 15.8. The molecular weight excluding hydrogens is 368 g/mol. The molecule has 0 aliphatic heterocycles. The number of pyridine rings is 1. The number of fused-ring (bicyclic) bond motifs is 3. The summed E-state index contributed by atoms with van der Waals surface area (Å²) in [5.41, 5.74) is 10.2. The minimum Gasteiger partial charge on any atom is -0.447 e. The number of aromatic nitrogens is 1. The molecule has 0 unspecified atom stereocenters. The van der Waals surface area contributed by atoms with E-state index in [1.807, 2.05) is 24.3 Å². The van der Waals surface area contributed by atoms with Crippen LogP contribution >= 0.6 is 0 Å². The molecule has 29 heavy (non-hydrogen) atoms. The molecule has 1 aliphatic rings. The number of hydrogen-bond donors (Lipinski definition) is 3. The number of ether oxygens (including phenoxy) is 1. The highest BCUT2D eigenvalue weighted by molar-refractivity contribution is 5.93. The Hall–Kier alpha value is -3.87. The second-order valence-electron chi connectivity index (χ2n) is 6.59. The van der Waals surface area contributed by atoms with E-state index in [0.29, 0.717) is 11.4 Å². The molecule has 1 aliphatic carbocycles. The molecule has 7 heteroatoms. The Bertz CT molecular complexity index is 1000. The minimum absolute atomic E-state index is 0.00175. The number of carbonyl (C=O) groups is 2. The van der Waals surface area contributed by atoms with Gasteiger partial charge in [-0.15, -0.1) is 0 Å². The van der Waals surface area contributed by atoms with Crippen molar-refractivity contribution in [2.45, 2.75) is 5.92 Å². The Morgan fingerprint density at radius 3 is 2.21 bits per heavy atom. The third-order valence-electron chi connectivity index (χ3n) is 4.89. The predicted octanol–water partition coefficient (Wildman–Crippen LogP) is 3.31. The van der Waals surface area contributed by atoms with Gasteiger partial charge in [0, 0.05) is 19.2 Å². The summed E-state index contributed by atoms with van der Waals surface area (Å²) in [5, 5.41) is 2.52. The summed E-state index contributed by atoms with van der Waals surface area (Å²) in [5.74, 6) is 0.165. The van der Waals surface area contributed by atoms with E-state index in [-0.39, 0.29) is 18.4 Å². The molecule has 0 radical (unpaired) electrons. The maximum Gasteiger partial charge on any atom is 0.426 e. The van der Waals surface area contributed by atoms with Crippen LogP contribution in [0.2, 0.25) is 0 Å². The number of nitrogens with zero attached hydrogens (tertiary/aromatic N) is 1. The van der Waals surface area contributed by atoms with Gasteiger partial charge < -0.3 is 10.1 Å². The van der Waals surface area contributed by atoms with Crippen LogP contribution in [-0.2, 0) is 4.74 Å². The van der Waals surface area contributed by atoms with Gasteiger partial charge in [-0.2, -0.15) is 0 Å². The third kappa shape index (κ3) is 3.75. The van der Waals surface area contributed by atoms with Gasteiger partial charge in [0.15, 0.2) is 0 Å². The zero-order chi connectivity index (χ0) is 20.2. The normalized spacial score (nSPS) is 11.9. The van der Waals surface area contributed by atoms with Crippen molar-refractivity contribution in [1.29, 1.82) is 0 Å². The summed E-state index contributed by atoms with van der Waals surface area (Å²) in [6.45, 7) is 0.227. The molecule has 0 bridgehead atoms. The lowest BCUT2D eigenvalue weighted by molar-refractivity contribution is 0.0962. The number of rotatable bonds is 5. The van der Waals surface area contributed by atoms with Crippen molar-refractivity contribution in [3.05, 3.63) is 83.6 Å². The van der Waals surface area contributed by atoms with Gasteiger partial charge >= 0.3 is 6.09 Å². The average molecular weight is 388 g/mol. The SMILES string of the molecule is CNC(=O)c1ccc(NNC(=O)OCC2c3ccccc3-c3ccccc32)nc1. The highest BCUT2D eigenvalue weighted by Gasteiger charge is 2.28.